The van der Waals surface area contributed by atoms with Crippen molar-refractivity contribution in [2.75, 3.05) is 18.0 Å². The van der Waals surface area contributed by atoms with E-state index >= 15 is 0 Å². The zero-order valence-corrected chi connectivity index (χ0v) is 12.8. The molecule has 3 heteroatoms. The summed E-state index contributed by atoms with van der Waals surface area (Å²) in [6.07, 6.45) is 5.96. The van der Waals surface area contributed by atoms with Crippen LogP contribution in [0.1, 0.15) is 51.5 Å². The Labute approximate surface area is 122 Å². The topological polar surface area (TPSA) is 15.3 Å². The molecule has 1 aromatic carbocycles. The number of hydrogen-bond acceptors (Lipinski definition) is 2. The zero-order valence-electron chi connectivity index (χ0n) is 12.8. The van der Waals surface area contributed by atoms with Gasteiger partial charge in [0, 0.05) is 30.4 Å². The largest absolute Gasteiger partial charge is 0.368 e. The van der Waals surface area contributed by atoms with Gasteiger partial charge in [0.25, 0.3) is 0 Å². The van der Waals surface area contributed by atoms with E-state index in [-0.39, 0.29) is 5.82 Å². The van der Waals surface area contributed by atoms with Gasteiger partial charge in [-0.3, -0.25) is 0 Å². The maximum absolute atomic E-state index is 14.2. The lowest BCUT2D eigenvalue weighted by Crippen LogP contribution is -2.40. The lowest BCUT2D eigenvalue weighted by molar-refractivity contribution is 0.447. The molecule has 112 valence electrons. The molecule has 0 saturated carbocycles. The summed E-state index contributed by atoms with van der Waals surface area (Å²) in [7, 11) is 0. The van der Waals surface area contributed by atoms with Crippen molar-refractivity contribution in [3.63, 3.8) is 0 Å². The average molecular weight is 278 g/mol. The van der Waals surface area contributed by atoms with Crippen molar-refractivity contribution in [1.82, 2.24) is 5.32 Å². The summed E-state index contributed by atoms with van der Waals surface area (Å²) >= 11 is 0. The molecular weight excluding hydrogens is 251 g/mol. The molecule has 0 aliphatic carbocycles. The minimum absolute atomic E-state index is 0.0773. The summed E-state index contributed by atoms with van der Waals surface area (Å²) < 4.78 is 14.2. The number of halogens is 1. The van der Waals surface area contributed by atoms with Crippen LogP contribution in [0.25, 0.3) is 0 Å². The van der Waals surface area contributed by atoms with Crippen molar-refractivity contribution in [3.8, 4) is 0 Å². The SMILES string of the molecule is CCCNCc1c(F)cccc1N1CCCCC1CC. The average Bonchev–Trinajstić information content (AvgIpc) is 2.49. The van der Waals surface area contributed by atoms with Crippen LogP contribution < -0.4 is 10.2 Å². The van der Waals surface area contributed by atoms with Crippen molar-refractivity contribution >= 4 is 5.69 Å². The first-order chi connectivity index (χ1) is 9.77. The Balaban J connectivity index is 2.22. The van der Waals surface area contributed by atoms with Crippen LogP contribution in [-0.2, 0) is 6.54 Å². The molecule has 2 rings (SSSR count). The summed E-state index contributed by atoms with van der Waals surface area (Å²) in [4.78, 5) is 2.43. The standard InChI is InChI=1S/C17H27FN2/c1-3-11-19-13-15-16(18)9-7-10-17(15)20-12-6-5-8-14(20)4-2/h7,9-10,14,19H,3-6,8,11-13H2,1-2H3. The predicted molar refractivity (Wildman–Crippen MR) is 83.7 cm³/mol. The number of rotatable bonds is 6. The Morgan fingerprint density at radius 2 is 2.15 bits per heavy atom. The molecule has 1 aromatic rings. The third-order valence-electron chi connectivity index (χ3n) is 4.23. The maximum Gasteiger partial charge on any atom is 0.129 e. The zero-order chi connectivity index (χ0) is 14.4. The molecule has 0 aromatic heterocycles. The van der Waals surface area contributed by atoms with Gasteiger partial charge in [-0.15, -0.1) is 0 Å². The Morgan fingerprint density at radius 1 is 1.30 bits per heavy atom. The quantitative estimate of drug-likeness (QED) is 0.788. The molecule has 1 aliphatic heterocycles. The summed E-state index contributed by atoms with van der Waals surface area (Å²) in [6.45, 7) is 6.99. The number of benzene rings is 1. The number of nitrogens with one attached hydrogen (secondary N) is 1. The molecular formula is C17H27FN2. The van der Waals surface area contributed by atoms with E-state index in [2.05, 4.69) is 30.1 Å². The van der Waals surface area contributed by atoms with Crippen LogP contribution in [0.3, 0.4) is 0 Å². The Morgan fingerprint density at radius 3 is 2.90 bits per heavy atom. The summed E-state index contributed by atoms with van der Waals surface area (Å²) in [5.74, 6) is -0.0773. The maximum atomic E-state index is 14.2. The lowest BCUT2D eigenvalue weighted by atomic mass is 9.97. The highest BCUT2D eigenvalue weighted by Crippen LogP contribution is 2.30. The monoisotopic (exact) mass is 278 g/mol. The second-order valence-electron chi connectivity index (χ2n) is 5.67. The summed E-state index contributed by atoms with van der Waals surface area (Å²) in [5, 5.41) is 3.34. The fraction of sp³-hybridized carbons (Fsp3) is 0.647. The van der Waals surface area contributed by atoms with Gasteiger partial charge in [0.2, 0.25) is 0 Å². The van der Waals surface area contributed by atoms with Gasteiger partial charge in [-0.25, -0.2) is 4.39 Å². The highest BCUT2D eigenvalue weighted by Gasteiger charge is 2.23. The van der Waals surface area contributed by atoms with Crippen LogP contribution in [0.5, 0.6) is 0 Å². The first-order valence-corrected chi connectivity index (χ1v) is 8.02. The Kier molecular flexibility index (Phi) is 5.84. The van der Waals surface area contributed by atoms with E-state index in [1.54, 1.807) is 6.07 Å². The van der Waals surface area contributed by atoms with E-state index in [9.17, 15) is 4.39 Å². The highest BCUT2D eigenvalue weighted by molar-refractivity contribution is 5.55. The smallest absolute Gasteiger partial charge is 0.129 e. The van der Waals surface area contributed by atoms with Crippen molar-refractivity contribution in [3.05, 3.63) is 29.6 Å². The van der Waals surface area contributed by atoms with E-state index in [1.165, 1.54) is 19.3 Å². The predicted octanol–water partition coefficient (Wildman–Crippen LogP) is 4.09. The van der Waals surface area contributed by atoms with E-state index in [0.717, 1.165) is 37.2 Å². The molecule has 0 bridgehead atoms. The minimum Gasteiger partial charge on any atom is -0.368 e. The Bertz CT molecular complexity index is 419. The van der Waals surface area contributed by atoms with Crippen molar-refractivity contribution in [2.24, 2.45) is 0 Å². The first-order valence-electron chi connectivity index (χ1n) is 8.02. The fourth-order valence-corrected chi connectivity index (χ4v) is 3.12. The molecule has 2 nitrogen and oxygen atoms in total. The molecule has 1 heterocycles. The minimum atomic E-state index is -0.0773. The first kappa shape index (κ1) is 15.3. The normalized spacial score (nSPS) is 19.4. The molecule has 1 atom stereocenters. The van der Waals surface area contributed by atoms with Gasteiger partial charge in [0.05, 0.1) is 0 Å². The summed E-state index contributed by atoms with van der Waals surface area (Å²) in [5.41, 5.74) is 1.93. The van der Waals surface area contributed by atoms with Crippen LogP contribution >= 0.6 is 0 Å². The van der Waals surface area contributed by atoms with Crippen LogP contribution in [0.4, 0.5) is 10.1 Å². The van der Waals surface area contributed by atoms with Crippen molar-refractivity contribution in [1.29, 1.82) is 0 Å². The van der Waals surface area contributed by atoms with Crippen LogP contribution in [-0.4, -0.2) is 19.1 Å². The van der Waals surface area contributed by atoms with Gasteiger partial charge in [-0.1, -0.05) is 19.9 Å². The molecule has 1 fully saturated rings. The summed E-state index contributed by atoms with van der Waals surface area (Å²) in [6, 6.07) is 6.07. The number of hydrogen-bond donors (Lipinski definition) is 1. The van der Waals surface area contributed by atoms with Gasteiger partial charge in [0.15, 0.2) is 0 Å². The number of anilines is 1. The molecule has 0 spiro atoms. The lowest BCUT2D eigenvalue weighted by Gasteiger charge is -2.38. The molecule has 1 unspecified atom stereocenters. The van der Waals surface area contributed by atoms with Gasteiger partial charge >= 0.3 is 0 Å². The number of nitrogens with zero attached hydrogens (tertiary/aromatic N) is 1. The van der Waals surface area contributed by atoms with E-state index < -0.39 is 0 Å². The molecule has 1 saturated heterocycles. The van der Waals surface area contributed by atoms with Gasteiger partial charge < -0.3 is 10.2 Å². The molecule has 0 radical (unpaired) electrons. The van der Waals surface area contributed by atoms with Gasteiger partial charge in [0.1, 0.15) is 5.82 Å². The van der Waals surface area contributed by atoms with Crippen LogP contribution in [0.2, 0.25) is 0 Å². The second kappa shape index (κ2) is 7.63. The number of piperidine rings is 1. The Hall–Kier alpha value is -1.09. The molecule has 20 heavy (non-hydrogen) atoms. The molecule has 1 N–H and O–H groups in total. The third kappa shape index (κ3) is 3.51. The second-order valence-corrected chi connectivity index (χ2v) is 5.67. The third-order valence-corrected chi connectivity index (χ3v) is 4.23. The van der Waals surface area contributed by atoms with E-state index in [4.69, 9.17) is 0 Å². The van der Waals surface area contributed by atoms with Gasteiger partial charge in [-0.2, -0.15) is 0 Å². The van der Waals surface area contributed by atoms with E-state index in [0.29, 0.717) is 12.6 Å². The van der Waals surface area contributed by atoms with Crippen LogP contribution in [0.15, 0.2) is 18.2 Å². The molecule has 1 aliphatic rings. The molecule has 0 amide bonds. The van der Waals surface area contributed by atoms with Gasteiger partial charge in [-0.05, 0) is 50.8 Å². The van der Waals surface area contributed by atoms with E-state index in [1.807, 2.05) is 6.07 Å². The van der Waals surface area contributed by atoms with Crippen molar-refractivity contribution in [2.45, 2.75) is 58.5 Å². The fourth-order valence-electron chi connectivity index (χ4n) is 3.12. The van der Waals surface area contributed by atoms with Crippen LogP contribution in [0, 0.1) is 5.82 Å². The highest BCUT2D eigenvalue weighted by atomic mass is 19.1. The van der Waals surface area contributed by atoms with Crippen molar-refractivity contribution < 1.29 is 4.39 Å².